The number of fused-ring (bicyclic) bond motifs is 1. The first-order valence-electron chi connectivity index (χ1n) is 9.36. The van der Waals surface area contributed by atoms with Crippen LogP contribution in [0.15, 0.2) is 42.5 Å². The highest BCUT2D eigenvalue weighted by Gasteiger charge is 2.32. The van der Waals surface area contributed by atoms with E-state index < -0.39 is 16.1 Å². The van der Waals surface area contributed by atoms with Gasteiger partial charge in [-0.1, -0.05) is 29.8 Å². The number of ether oxygens (including phenoxy) is 2. The van der Waals surface area contributed by atoms with Crippen LogP contribution in [0.5, 0.6) is 11.5 Å². The second kappa shape index (κ2) is 8.32. The first-order valence-corrected chi connectivity index (χ1v) is 11.2. The predicted octanol–water partition coefficient (Wildman–Crippen LogP) is 2.58. The number of amides is 1. The van der Waals surface area contributed by atoms with E-state index in [0.29, 0.717) is 36.9 Å². The molecule has 1 heterocycles. The standard InChI is InChI=1S/C21H26N2O5S/c1-15-5-7-17(8-6-15)14-22(3)21(24)16(2)23(29(4,25)26)18-9-10-19-20(13-18)28-12-11-27-19/h5-10,13,16H,11-12,14H2,1-4H3/t16-/m0/s1. The fourth-order valence-electron chi connectivity index (χ4n) is 3.34. The molecular formula is C21H26N2O5S. The Morgan fingerprint density at radius 1 is 1.07 bits per heavy atom. The summed E-state index contributed by atoms with van der Waals surface area (Å²) >= 11 is 0. The van der Waals surface area contributed by atoms with E-state index in [4.69, 9.17) is 9.47 Å². The molecule has 0 bridgehead atoms. The molecule has 0 aliphatic carbocycles. The van der Waals surface area contributed by atoms with Crippen molar-refractivity contribution in [2.24, 2.45) is 0 Å². The quantitative estimate of drug-likeness (QED) is 0.721. The van der Waals surface area contributed by atoms with Crippen LogP contribution in [-0.2, 0) is 21.4 Å². The van der Waals surface area contributed by atoms with Crippen molar-refractivity contribution in [1.29, 1.82) is 0 Å². The Balaban J connectivity index is 1.84. The number of aryl methyl sites for hydroxylation is 1. The van der Waals surface area contributed by atoms with E-state index in [1.807, 2.05) is 31.2 Å². The molecule has 156 valence electrons. The molecule has 29 heavy (non-hydrogen) atoms. The van der Waals surface area contributed by atoms with Gasteiger partial charge < -0.3 is 14.4 Å². The number of sulfonamides is 1. The van der Waals surface area contributed by atoms with Crippen LogP contribution in [0.2, 0.25) is 0 Å². The molecule has 7 nitrogen and oxygen atoms in total. The van der Waals surface area contributed by atoms with Gasteiger partial charge in [-0.25, -0.2) is 8.42 Å². The minimum atomic E-state index is -3.71. The van der Waals surface area contributed by atoms with E-state index in [2.05, 4.69) is 0 Å². The Labute approximate surface area is 171 Å². The van der Waals surface area contributed by atoms with Gasteiger partial charge in [-0.3, -0.25) is 9.10 Å². The summed E-state index contributed by atoms with van der Waals surface area (Å²) in [4.78, 5) is 14.6. The van der Waals surface area contributed by atoms with E-state index in [-0.39, 0.29) is 5.91 Å². The normalized spacial score (nSPS) is 14.2. The summed E-state index contributed by atoms with van der Waals surface area (Å²) in [6.45, 7) is 4.82. The predicted molar refractivity (Wildman–Crippen MR) is 112 cm³/mol. The maximum atomic E-state index is 13.0. The van der Waals surface area contributed by atoms with Crippen molar-refractivity contribution in [2.45, 2.75) is 26.4 Å². The molecule has 0 fully saturated rings. The van der Waals surface area contributed by atoms with Gasteiger partial charge in [-0.15, -0.1) is 0 Å². The Hall–Kier alpha value is -2.74. The third kappa shape index (κ3) is 4.82. The number of rotatable bonds is 6. The van der Waals surface area contributed by atoms with Crippen LogP contribution in [0.1, 0.15) is 18.1 Å². The summed E-state index contributed by atoms with van der Waals surface area (Å²) in [5.74, 6) is 0.727. The van der Waals surface area contributed by atoms with E-state index in [1.54, 1.807) is 32.2 Å². The monoisotopic (exact) mass is 418 g/mol. The van der Waals surface area contributed by atoms with E-state index >= 15 is 0 Å². The highest BCUT2D eigenvalue weighted by atomic mass is 32.2. The molecule has 3 rings (SSSR count). The molecule has 1 aliphatic heterocycles. The van der Waals surface area contributed by atoms with Crippen LogP contribution in [0.4, 0.5) is 5.69 Å². The molecule has 0 N–H and O–H groups in total. The molecule has 1 aliphatic rings. The Morgan fingerprint density at radius 2 is 1.69 bits per heavy atom. The number of likely N-dealkylation sites (N-methyl/N-ethyl adjacent to an activating group) is 1. The van der Waals surface area contributed by atoms with Crippen LogP contribution >= 0.6 is 0 Å². The smallest absolute Gasteiger partial charge is 0.246 e. The van der Waals surface area contributed by atoms with Gasteiger partial charge in [0.05, 0.1) is 11.9 Å². The Kier molecular flexibility index (Phi) is 6.02. The number of anilines is 1. The average Bonchev–Trinajstić information content (AvgIpc) is 2.68. The number of carbonyl (C=O) groups excluding carboxylic acids is 1. The highest BCUT2D eigenvalue weighted by Crippen LogP contribution is 2.35. The summed E-state index contributed by atoms with van der Waals surface area (Å²) < 4.78 is 37.3. The van der Waals surface area contributed by atoms with Crippen molar-refractivity contribution in [1.82, 2.24) is 4.90 Å². The van der Waals surface area contributed by atoms with Gasteiger partial charge in [-0.2, -0.15) is 0 Å². The largest absolute Gasteiger partial charge is 0.486 e. The second-order valence-corrected chi connectivity index (χ2v) is 9.10. The van der Waals surface area contributed by atoms with Gasteiger partial charge in [0.1, 0.15) is 19.3 Å². The summed E-state index contributed by atoms with van der Waals surface area (Å²) in [7, 11) is -2.04. The third-order valence-electron chi connectivity index (χ3n) is 4.76. The molecule has 0 aromatic heterocycles. The van der Waals surface area contributed by atoms with Gasteiger partial charge in [0.2, 0.25) is 15.9 Å². The van der Waals surface area contributed by atoms with Crippen LogP contribution in [-0.4, -0.2) is 51.8 Å². The van der Waals surface area contributed by atoms with Crippen molar-refractivity contribution < 1.29 is 22.7 Å². The molecule has 2 aromatic carbocycles. The molecule has 0 saturated carbocycles. The maximum Gasteiger partial charge on any atom is 0.246 e. The third-order valence-corrected chi connectivity index (χ3v) is 6.00. The first kappa shape index (κ1) is 21.0. The zero-order valence-corrected chi connectivity index (χ0v) is 17.9. The van der Waals surface area contributed by atoms with Crippen molar-refractivity contribution in [3.8, 4) is 11.5 Å². The summed E-state index contributed by atoms with van der Waals surface area (Å²) in [6.07, 6.45) is 1.09. The number of hydrogen-bond donors (Lipinski definition) is 0. The van der Waals surface area contributed by atoms with Crippen LogP contribution in [0, 0.1) is 6.92 Å². The first-order chi connectivity index (χ1) is 13.7. The Morgan fingerprint density at radius 3 is 2.31 bits per heavy atom. The lowest BCUT2D eigenvalue weighted by Gasteiger charge is -2.32. The van der Waals surface area contributed by atoms with E-state index in [1.165, 1.54) is 4.90 Å². The zero-order chi connectivity index (χ0) is 21.2. The van der Waals surface area contributed by atoms with Gasteiger partial charge in [0, 0.05) is 19.7 Å². The minimum absolute atomic E-state index is 0.300. The van der Waals surface area contributed by atoms with Gasteiger partial charge in [-0.05, 0) is 31.5 Å². The fraction of sp³-hybridized carbons (Fsp3) is 0.381. The lowest BCUT2D eigenvalue weighted by atomic mass is 10.1. The molecule has 0 spiro atoms. The molecular weight excluding hydrogens is 392 g/mol. The van der Waals surface area contributed by atoms with Gasteiger partial charge in [0.15, 0.2) is 11.5 Å². The van der Waals surface area contributed by atoms with Crippen LogP contribution in [0.25, 0.3) is 0 Å². The maximum absolute atomic E-state index is 13.0. The number of benzene rings is 2. The summed E-state index contributed by atoms with van der Waals surface area (Å²) in [5, 5.41) is 0. The summed E-state index contributed by atoms with van der Waals surface area (Å²) in [6, 6.07) is 11.8. The molecule has 0 unspecified atom stereocenters. The molecule has 8 heteroatoms. The number of hydrogen-bond acceptors (Lipinski definition) is 5. The lowest BCUT2D eigenvalue weighted by molar-refractivity contribution is -0.131. The second-order valence-electron chi connectivity index (χ2n) is 7.24. The topological polar surface area (TPSA) is 76.2 Å². The number of nitrogens with zero attached hydrogens (tertiary/aromatic N) is 2. The van der Waals surface area contributed by atoms with Gasteiger partial charge in [0.25, 0.3) is 0 Å². The summed E-state index contributed by atoms with van der Waals surface area (Å²) in [5.41, 5.74) is 2.48. The van der Waals surface area contributed by atoms with Crippen molar-refractivity contribution in [2.75, 3.05) is 30.8 Å². The van der Waals surface area contributed by atoms with Crippen LogP contribution in [0.3, 0.4) is 0 Å². The van der Waals surface area contributed by atoms with Crippen molar-refractivity contribution in [3.05, 3.63) is 53.6 Å². The molecule has 0 radical (unpaired) electrons. The van der Waals surface area contributed by atoms with Crippen molar-refractivity contribution in [3.63, 3.8) is 0 Å². The van der Waals surface area contributed by atoms with Crippen LogP contribution < -0.4 is 13.8 Å². The molecule has 2 aromatic rings. The van der Waals surface area contributed by atoms with E-state index in [9.17, 15) is 13.2 Å². The Bertz CT molecular complexity index is 989. The molecule has 0 saturated heterocycles. The molecule has 1 atom stereocenters. The molecule has 1 amide bonds. The lowest BCUT2D eigenvalue weighted by Crippen LogP contribution is -2.48. The highest BCUT2D eigenvalue weighted by molar-refractivity contribution is 7.92. The fourth-order valence-corrected chi connectivity index (χ4v) is 4.50. The van der Waals surface area contributed by atoms with Crippen molar-refractivity contribution >= 4 is 21.6 Å². The number of carbonyl (C=O) groups is 1. The average molecular weight is 419 g/mol. The minimum Gasteiger partial charge on any atom is -0.486 e. The van der Waals surface area contributed by atoms with Gasteiger partial charge >= 0.3 is 0 Å². The zero-order valence-electron chi connectivity index (χ0n) is 17.1. The SMILES string of the molecule is Cc1ccc(CN(C)C(=O)[C@H](C)N(c2ccc3c(c2)OCCO3)S(C)(=O)=O)cc1. The van der Waals surface area contributed by atoms with E-state index in [0.717, 1.165) is 21.7 Å².